The number of fused-ring (bicyclic) bond motifs is 6. The fraction of sp³-hybridized carbons (Fsp3) is 0.774. The molecule has 7 nitrogen and oxygen atoms in total. The van der Waals surface area contributed by atoms with Gasteiger partial charge in [0.15, 0.2) is 17.0 Å². The van der Waals surface area contributed by atoms with Crippen molar-refractivity contribution in [1.82, 2.24) is 15.0 Å². The van der Waals surface area contributed by atoms with Gasteiger partial charge in [0.2, 0.25) is 0 Å². The second-order valence-corrected chi connectivity index (χ2v) is 13.3. The molecule has 7 heteroatoms. The van der Waals surface area contributed by atoms with E-state index >= 15 is 0 Å². The Hall–Kier alpha value is -2.15. The van der Waals surface area contributed by atoms with E-state index < -0.39 is 0 Å². The number of methoxy groups -OCH3 is 3. The number of hydrogen-bond acceptors (Lipinski definition) is 6. The number of ether oxygens (including phenoxy) is 3. The third-order valence-corrected chi connectivity index (χ3v) is 11.7. The van der Waals surface area contributed by atoms with Crippen molar-refractivity contribution < 1.29 is 19.0 Å². The first kappa shape index (κ1) is 26.1. The van der Waals surface area contributed by atoms with Crippen molar-refractivity contribution in [2.45, 2.75) is 78.2 Å². The van der Waals surface area contributed by atoms with Crippen LogP contribution < -0.4 is 9.47 Å². The molecule has 0 saturated heterocycles. The molecule has 4 fully saturated rings. The Balaban J connectivity index is 1.24. The van der Waals surface area contributed by atoms with Gasteiger partial charge < -0.3 is 14.2 Å². The quantitative estimate of drug-likeness (QED) is 0.447. The summed E-state index contributed by atoms with van der Waals surface area (Å²) >= 11 is 0. The highest BCUT2D eigenvalue weighted by Gasteiger charge is 2.62. The summed E-state index contributed by atoms with van der Waals surface area (Å²) in [6, 6.07) is 3.70. The molecular weight excluding hydrogens is 478 g/mol. The van der Waals surface area contributed by atoms with Crippen molar-refractivity contribution in [2.24, 2.45) is 46.3 Å². The van der Waals surface area contributed by atoms with Crippen LogP contribution in [0.2, 0.25) is 0 Å². The molecule has 208 valence electrons. The molecule has 1 aromatic carbocycles. The Bertz CT molecular complexity index is 1200. The van der Waals surface area contributed by atoms with Crippen LogP contribution in [0.15, 0.2) is 12.1 Å². The van der Waals surface area contributed by atoms with E-state index in [1.807, 2.05) is 19.2 Å². The molecule has 8 unspecified atom stereocenters. The maximum atomic E-state index is 13.9. The molecule has 0 spiro atoms. The number of carbonyl (C=O) groups excluding carboxylic acids is 1. The fourth-order valence-electron chi connectivity index (χ4n) is 10.0. The largest absolute Gasteiger partial charge is 0.497 e. The van der Waals surface area contributed by atoms with E-state index in [4.69, 9.17) is 14.2 Å². The molecule has 8 atom stereocenters. The molecular formula is C31H45N3O4. The van der Waals surface area contributed by atoms with Crippen LogP contribution in [0.25, 0.3) is 11.0 Å². The van der Waals surface area contributed by atoms with Crippen LogP contribution >= 0.6 is 0 Å². The molecule has 0 N–H and O–H groups in total. The van der Waals surface area contributed by atoms with Gasteiger partial charge in [-0.1, -0.05) is 25.5 Å². The van der Waals surface area contributed by atoms with Gasteiger partial charge in [-0.2, -0.15) is 0 Å². The molecule has 1 aromatic heterocycles. The highest BCUT2D eigenvalue weighted by Crippen LogP contribution is 2.68. The molecule has 0 radical (unpaired) electrons. The molecule has 2 aromatic rings. The average Bonchev–Trinajstić information content (AvgIpc) is 3.49. The Kier molecular flexibility index (Phi) is 6.73. The summed E-state index contributed by atoms with van der Waals surface area (Å²) in [5.41, 5.74) is 1.88. The third-order valence-electron chi connectivity index (χ3n) is 11.7. The summed E-state index contributed by atoms with van der Waals surface area (Å²) in [6.07, 6.45) is 11.3. The Morgan fingerprint density at radius 1 is 1.03 bits per heavy atom. The highest BCUT2D eigenvalue weighted by atomic mass is 16.5. The Labute approximate surface area is 227 Å². The molecule has 38 heavy (non-hydrogen) atoms. The zero-order valence-corrected chi connectivity index (χ0v) is 23.9. The van der Waals surface area contributed by atoms with Crippen molar-refractivity contribution in [2.75, 3.05) is 27.9 Å². The van der Waals surface area contributed by atoms with E-state index in [1.165, 1.54) is 44.9 Å². The number of hydrogen-bond donors (Lipinski definition) is 0. The van der Waals surface area contributed by atoms with Crippen LogP contribution in [0.4, 0.5) is 0 Å². The molecule has 0 bridgehead atoms. The van der Waals surface area contributed by atoms with Crippen molar-refractivity contribution in [3.8, 4) is 11.5 Å². The van der Waals surface area contributed by atoms with E-state index in [2.05, 4.69) is 24.2 Å². The van der Waals surface area contributed by atoms with Gasteiger partial charge in [-0.15, -0.1) is 5.10 Å². The average molecular weight is 524 g/mol. The summed E-state index contributed by atoms with van der Waals surface area (Å²) in [5, 5.41) is 8.69. The van der Waals surface area contributed by atoms with Crippen LogP contribution in [0.3, 0.4) is 0 Å². The number of ketones is 1. The number of benzene rings is 1. The summed E-state index contributed by atoms with van der Waals surface area (Å²) in [7, 11) is 5.16. The molecule has 0 aliphatic heterocycles. The molecule has 1 heterocycles. The zero-order valence-electron chi connectivity index (χ0n) is 23.9. The maximum Gasteiger partial charge on any atom is 0.157 e. The smallest absolute Gasteiger partial charge is 0.157 e. The molecule has 4 aliphatic carbocycles. The topological polar surface area (TPSA) is 75.5 Å². The van der Waals surface area contributed by atoms with E-state index in [9.17, 15) is 4.79 Å². The number of aromatic nitrogens is 3. The van der Waals surface area contributed by atoms with E-state index in [0.29, 0.717) is 34.1 Å². The van der Waals surface area contributed by atoms with Gasteiger partial charge in [0.1, 0.15) is 12.3 Å². The van der Waals surface area contributed by atoms with Gasteiger partial charge in [-0.25, -0.2) is 4.68 Å². The first-order valence-corrected chi connectivity index (χ1v) is 14.8. The van der Waals surface area contributed by atoms with Crippen LogP contribution in [-0.4, -0.2) is 48.7 Å². The lowest BCUT2D eigenvalue weighted by Crippen LogP contribution is -2.56. The zero-order chi connectivity index (χ0) is 26.7. The molecule has 0 amide bonds. The number of rotatable bonds is 7. The van der Waals surface area contributed by atoms with E-state index in [-0.39, 0.29) is 17.9 Å². The van der Waals surface area contributed by atoms with Crippen molar-refractivity contribution >= 4 is 16.8 Å². The van der Waals surface area contributed by atoms with Crippen molar-refractivity contribution in [3.63, 3.8) is 0 Å². The minimum absolute atomic E-state index is 0.0765. The lowest BCUT2D eigenvalue weighted by atomic mass is 9.44. The minimum atomic E-state index is 0.0765. The second kappa shape index (κ2) is 9.79. The SMILES string of the molecule is COCC12CCC(C)CC1CCC1C3CCC(C(=O)Cn4nnc5c(OC)cc(OC)cc54)C3(C)CCC12. The standard InChI is InChI=1S/C31H45N3O4/c1-19-10-13-31(18-36-3)20(14-19)6-7-22-23-8-9-25(30(23,2)12-11-24(22)31)27(35)17-34-26-15-21(37-4)16-28(38-5)29(26)32-33-34/h15-16,19-20,22-25H,6-14,17-18H2,1-5H3. The van der Waals surface area contributed by atoms with Crippen LogP contribution in [0.5, 0.6) is 11.5 Å². The predicted molar refractivity (Wildman–Crippen MR) is 146 cm³/mol. The summed E-state index contributed by atoms with van der Waals surface area (Å²) in [4.78, 5) is 13.9. The summed E-state index contributed by atoms with van der Waals surface area (Å²) in [5.74, 6) is 5.44. The van der Waals surface area contributed by atoms with Gasteiger partial charge >= 0.3 is 0 Å². The predicted octanol–water partition coefficient (Wildman–Crippen LogP) is 5.94. The third kappa shape index (κ3) is 3.89. The van der Waals surface area contributed by atoms with Crippen molar-refractivity contribution in [1.29, 1.82) is 0 Å². The van der Waals surface area contributed by atoms with Crippen molar-refractivity contribution in [3.05, 3.63) is 12.1 Å². The lowest BCUT2D eigenvalue weighted by Gasteiger charge is -2.61. The van der Waals surface area contributed by atoms with Crippen LogP contribution in [0.1, 0.15) is 71.6 Å². The first-order valence-electron chi connectivity index (χ1n) is 14.8. The van der Waals surface area contributed by atoms with Crippen LogP contribution in [-0.2, 0) is 16.1 Å². The van der Waals surface area contributed by atoms with Gasteiger partial charge in [0.05, 0.1) is 26.3 Å². The number of nitrogens with zero attached hydrogens (tertiary/aromatic N) is 3. The summed E-state index contributed by atoms with van der Waals surface area (Å²) in [6.45, 7) is 6.05. The minimum Gasteiger partial charge on any atom is -0.497 e. The maximum absolute atomic E-state index is 13.9. The molecule has 4 aliphatic rings. The van der Waals surface area contributed by atoms with Gasteiger partial charge in [0.25, 0.3) is 0 Å². The van der Waals surface area contributed by atoms with E-state index in [0.717, 1.165) is 48.6 Å². The van der Waals surface area contributed by atoms with E-state index in [1.54, 1.807) is 18.9 Å². The normalized spacial score (nSPS) is 38.3. The Morgan fingerprint density at radius 2 is 1.87 bits per heavy atom. The first-order chi connectivity index (χ1) is 18.3. The molecule has 4 saturated carbocycles. The number of Topliss-reactive ketones (excluding diaryl/α,β-unsaturated/α-hetero) is 1. The Morgan fingerprint density at radius 3 is 2.63 bits per heavy atom. The number of carbonyl (C=O) groups is 1. The lowest BCUT2D eigenvalue weighted by molar-refractivity contribution is -0.154. The summed E-state index contributed by atoms with van der Waals surface area (Å²) < 4.78 is 18.7. The van der Waals surface area contributed by atoms with Crippen LogP contribution in [0, 0.1) is 46.3 Å². The second-order valence-electron chi connectivity index (χ2n) is 13.3. The highest BCUT2D eigenvalue weighted by molar-refractivity contribution is 5.86. The monoisotopic (exact) mass is 523 g/mol. The van der Waals surface area contributed by atoms with Gasteiger partial charge in [-0.05, 0) is 91.8 Å². The van der Waals surface area contributed by atoms with Gasteiger partial charge in [-0.3, -0.25) is 4.79 Å². The molecule has 6 rings (SSSR count). The fourth-order valence-corrected chi connectivity index (χ4v) is 10.0. The van der Waals surface area contributed by atoms with Gasteiger partial charge in [0, 0.05) is 25.2 Å².